The van der Waals surface area contributed by atoms with E-state index in [2.05, 4.69) is 15.5 Å². The Morgan fingerprint density at radius 1 is 1.28 bits per heavy atom. The summed E-state index contributed by atoms with van der Waals surface area (Å²) >= 11 is 0. The van der Waals surface area contributed by atoms with Crippen LogP contribution in [-0.2, 0) is 11.2 Å². The Morgan fingerprint density at radius 2 is 2.22 bits per heavy atom. The van der Waals surface area contributed by atoms with Gasteiger partial charge in [-0.2, -0.15) is 4.98 Å². The molecule has 2 fully saturated rings. The molecule has 0 aromatic carbocycles. The lowest BCUT2D eigenvalue weighted by Gasteiger charge is -2.14. The van der Waals surface area contributed by atoms with Gasteiger partial charge in [-0.25, -0.2) is 0 Å². The first kappa shape index (κ1) is 12.1. The third-order valence-corrected chi connectivity index (χ3v) is 4.12. The summed E-state index contributed by atoms with van der Waals surface area (Å²) in [5.41, 5.74) is 0. The Kier molecular flexibility index (Phi) is 3.61. The van der Waals surface area contributed by atoms with Gasteiger partial charge in [0.05, 0.1) is 12.0 Å². The first-order chi connectivity index (χ1) is 8.86. The first-order valence-corrected chi connectivity index (χ1v) is 6.98. The SMILES string of the molecule is CNC1CCCC1c1nc(CC2CCCO2)no1. The lowest BCUT2D eigenvalue weighted by molar-refractivity contribution is 0.109. The number of rotatable bonds is 4. The van der Waals surface area contributed by atoms with Crippen molar-refractivity contribution in [1.82, 2.24) is 15.5 Å². The van der Waals surface area contributed by atoms with Crippen LogP contribution in [0.2, 0.25) is 0 Å². The van der Waals surface area contributed by atoms with Crippen LogP contribution in [0.25, 0.3) is 0 Å². The molecular weight excluding hydrogens is 230 g/mol. The molecule has 0 spiro atoms. The summed E-state index contributed by atoms with van der Waals surface area (Å²) in [6.07, 6.45) is 6.93. The minimum atomic E-state index is 0.291. The van der Waals surface area contributed by atoms with E-state index in [1.54, 1.807) is 0 Å². The molecule has 1 saturated carbocycles. The van der Waals surface area contributed by atoms with E-state index in [4.69, 9.17) is 9.26 Å². The zero-order valence-electron chi connectivity index (χ0n) is 10.9. The highest BCUT2D eigenvalue weighted by Gasteiger charge is 2.32. The summed E-state index contributed by atoms with van der Waals surface area (Å²) in [6, 6.07) is 0.487. The van der Waals surface area contributed by atoms with Crippen LogP contribution >= 0.6 is 0 Å². The number of nitrogens with zero attached hydrogens (tertiary/aromatic N) is 2. The van der Waals surface area contributed by atoms with Gasteiger partial charge in [-0.05, 0) is 32.7 Å². The maximum atomic E-state index is 5.60. The Hall–Kier alpha value is -0.940. The second kappa shape index (κ2) is 5.36. The number of nitrogens with one attached hydrogen (secondary N) is 1. The highest BCUT2D eigenvalue weighted by molar-refractivity contribution is 5.03. The third-order valence-electron chi connectivity index (χ3n) is 4.12. The summed E-state index contributed by atoms with van der Waals surface area (Å²) in [7, 11) is 2.01. The van der Waals surface area contributed by atoms with Gasteiger partial charge in [0.15, 0.2) is 5.82 Å². The first-order valence-electron chi connectivity index (χ1n) is 6.98. The molecule has 1 aliphatic heterocycles. The molecule has 1 N–H and O–H groups in total. The van der Waals surface area contributed by atoms with Crippen LogP contribution in [0.15, 0.2) is 4.52 Å². The Morgan fingerprint density at radius 3 is 3.00 bits per heavy atom. The molecule has 5 nitrogen and oxygen atoms in total. The Labute approximate surface area is 107 Å². The molecule has 2 heterocycles. The van der Waals surface area contributed by atoms with Crippen LogP contribution in [0.5, 0.6) is 0 Å². The molecule has 100 valence electrons. The van der Waals surface area contributed by atoms with Crippen LogP contribution in [-0.4, -0.2) is 35.9 Å². The van der Waals surface area contributed by atoms with Crippen molar-refractivity contribution in [2.45, 2.75) is 56.6 Å². The Balaban J connectivity index is 1.65. The van der Waals surface area contributed by atoms with Crippen LogP contribution in [0, 0.1) is 0 Å². The van der Waals surface area contributed by atoms with E-state index in [0.717, 1.165) is 44.0 Å². The zero-order valence-corrected chi connectivity index (χ0v) is 10.9. The second-order valence-electron chi connectivity index (χ2n) is 5.32. The predicted molar refractivity (Wildman–Crippen MR) is 66.4 cm³/mol. The van der Waals surface area contributed by atoms with Gasteiger partial charge >= 0.3 is 0 Å². The van der Waals surface area contributed by atoms with Crippen molar-refractivity contribution in [2.75, 3.05) is 13.7 Å². The van der Waals surface area contributed by atoms with Gasteiger partial charge in [0, 0.05) is 19.1 Å². The minimum Gasteiger partial charge on any atom is -0.378 e. The van der Waals surface area contributed by atoms with Crippen molar-refractivity contribution < 1.29 is 9.26 Å². The Bertz CT molecular complexity index is 387. The largest absolute Gasteiger partial charge is 0.378 e. The van der Waals surface area contributed by atoms with Crippen molar-refractivity contribution in [3.05, 3.63) is 11.7 Å². The lowest BCUT2D eigenvalue weighted by atomic mass is 10.0. The van der Waals surface area contributed by atoms with Crippen molar-refractivity contribution in [3.63, 3.8) is 0 Å². The molecule has 3 atom stereocenters. The van der Waals surface area contributed by atoms with Gasteiger partial charge in [-0.3, -0.25) is 0 Å². The van der Waals surface area contributed by atoms with E-state index in [9.17, 15) is 0 Å². The zero-order chi connectivity index (χ0) is 12.4. The molecule has 2 aliphatic rings. The van der Waals surface area contributed by atoms with Crippen LogP contribution in [0.1, 0.15) is 49.7 Å². The molecule has 3 rings (SSSR count). The molecule has 0 amide bonds. The number of ether oxygens (including phenoxy) is 1. The van der Waals surface area contributed by atoms with Crippen molar-refractivity contribution >= 4 is 0 Å². The van der Waals surface area contributed by atoms with Crippen LogP contribution in [0.3, 0.4) is 0 Å². The highest BCUT2D eigenvalue weighted by atomic mass is 16.5. The van der Waals surface area contributed by atoms with Gasteiger partial charge in [0.2, 0.25) is 5.89 Å². The molecule has 1 aromatic rings. The van der Waals surface area contributed by atoms with Crippen molar-refractivity contribution in [2.24, 2.45) is 0 Å². The number of hydrogen-bond acceptors (Lipinski definition) is 5. The summed E-state index contributed by atoms with van der Waals surface area (Å²) in [5.74, 6) is 2.00. The van der Waals surface area contributed by atoms with Gasteiger partial charge in [0.25, 0.3) is 0 Å². The fourth-order valence-corrected chi connectivity index (χ4v) is 3.11. The molecule has 1 aliphatic carbocycles. The number of likely N-dealkylation sites (N-methyl/N-ethyl adjacent to an activating group) is 1. The number of aromatic nitrogens is 2. The molecule has 3 unspecified atom stereocenters. The molecule has 0 radical (unpaired) electrons. The summed E-state index contributed by atoms with van der Waals surface area (Å²) in [6.45, 7) is 0.875. The van der Waals surface area contributed by atoms with E-state index < -0.39 is 0 Å². The molecule has 1 saturated heterocycles. The predicted octanol–water partition coefficient (Wildman–Crippen LogP) is 1.65. The average molecular weight is 251 g/mol. The summed E-state index contributed by atoms with van der Waals surface area (Å²) < 4.78 is 11.0. The molecular formula is C13H21N3O2. The van der Waals surface area contributed by atoms with Gasteiger partial charge in [-0.15, -0.1) is 0 Å². The summed E-state index contributed by atoms with van der Waals surface area (Å²) in [4.78, 5) is 4.56. The quantitative estimate of drug-likeness (QED) is 0.881. The molecule has 18 heavy (non-hydrogen) atoms. The minimum absolute atomic E-state index is 0.291. The topological polar surface area (TPSA) is 60.2 Å². The standard InChI is InChI=1S/C13H21N3O2/c1-14-11-6-2-5-10(11)13-15-12(16-18-13)8-9-4-3-7-17-9/h9-11,14H,2-8H2,1H3. The van der Waals surface area contributed by atoms with Crippen LogP contribution in [0.4, 0.5) is 0 Å². The fraction of sp³-hybridized carbons (Fsp3) is 0.846. The normalized spacial score (nSPS) is 32.2. The van der Waals surface area contributed by atoms with E-state index in [1.807, 2.05) is 7.05 Å². The van der Waals surface area contributed by atoms with Crippen LogP contribution < -0.4 is 5.32 Å². The third kappa shape index (κ3) is 2.42. The van der Waals surface area contributed by atoms with E-state index >= 15 is 0 Å². The van der Waals surface area contributed by atoms with Gasteiger partial charge in [0.1, 0.15) is 0 Å². The lowest BCUT2D eigenvalue weighted by Crippen LogP contribution is -2.27. The van der Waals surface area contributed by atoms with E-state index in [0.29, 0.717) is 18.1 Å². The smallest absolute Gasteiger partial charge is 0.231 e. The van der Waals surface area contributed by atoms with Gasteiger partial charge < -0.3 is 14.6 Å². The molecule has 0 bridgehead atoms. The second-order valence-corrected chi connectivity index (χ2v) is 5.32. The molecule has 1 aromatic heterocycles. The molecule has 5 heteroatoms. The maximum absolute atomic E-state index is 5.60. The number of hydrogen-bond donors (Lipinski definition) is 1. The fourth-order valence-electron chi connectivity index (χ4n) is 3.11. The van der Waals surface area contributed by atoms with Crippen molar-refractivity contribution in [3.8, 4) is 0 Å². The monoisotopic (exact) mass is 251 g/mol. The average Bonchev–Trinajstić information content (AvgIpc) is 3.09. The van der Waals surface area contributed by atoms with E-state index in [-0.39, 0.29) is 0 Å². The van der Waals surface area contributed by atoms with Crippen molar-refractivity contribution in [1.29, 1.82) is 0 Å². The highest BCUT2D eigenvalue weighted by Crippen LogP contribution is 2.33. The maximum Gasteiger partial charge on any atom is 0.231 e. The summed E-state index contributed by atoms with van der Waals surface area (Å²) in [5, 5.41) is 7.44. The van der Waals surface area contributed by atoms with E-state index in [1.165, 1.54) is 12.8 Å². The van der Waals surface area contributed by atoms with Gasteiger partial charge in [-0.1, -0.05) is 11.6 Å².